The summed E-state index contributed by atoms with van der Waals surface area (Å²) < 4.78 is 37.1. The first-order chi connectivity index (χ1) is 9.96. The van der Waals surface area contributed by atoms with Crippen molar-refractivity contribution in [3.63, 3.8) is 0 Å². The van der Waals surface area contributed by atoms with Gasteiger partial charge in [0.2, 0.25) is 10.0 Å². The van der Waals surface area contributed by atoms with Gasteiger partial charge in [0, 0.05) is 11.4 Å². The predicted molar refractivity (Wildman–Crippen MR) is 80.1 cm³/mol. The van der Waals surface area contributed by atoms with Gasteiger partial charge in [0.05, 0.1) is 31.4 Å². The summed E-state index contributed by atoms with van der Waals surface area (Å²) in [6.07, 6.45) is 0. The van der Waals surface area contributed by atoms with E-state index < -0.39 is 10.0 Å². The Morgan fingerprint density at radius 1 is 1.29 bits per heavy atom. The van der Waals surface area contributed by atoms with E-state index in [9.17, 15) is 8.42 Å². The van der Waals surface area contributed by atoms with E-state index in [1.807, 2.05) is 0 Å². The molecule has 7 nitrogen and oxygen atoms in total. The van der Waals surface area contributed by atoms with Crippen molar-refractivity contribution in [2.24, 2.45) is 0 Å². The molecule has 114 valence electrons. The van der Waals surface area contributed by atoms with E-state index in [-0.39, 0.29) is 11.4 Å². The van der Waals surface area contributed by atoms with Gasteiger partial charge in [-0.3, -0.25) is 0 Å². The van der Waals surface area contributed by atoms with Crippen LogP contribution in [0.3, 0.4) is 0 Å². The van der Waals surface area contributed by atoms with Gasteiger partial charge in [-0.05, 0) is 12.1 Å². The number of rotatable bonds is 6. The SMILES string of the molecule is COc1ccc(S(=O)(=O)NCc2csc(N)n2)cc1OC. The van der Waals surface area contributed by atoms with Crippen LogP contribution in [0.1, 0.15) is 5.69 Å². The molecule has 0 amide bonds. The molecule has 1 aromatic heterocycles. The molecule has 2 aromatic rings. The van der Waals surface area contributed by atoms with Crippen LogP contribution in [-0.4, -0.2) is 27.6 Å². The van der Waals surface area contributed by atoms with Crippen molar-refractivity contribution in [1.29, 1.82) is 0 Å². The smallest absolute Gasteiger partial charge is 0.241 e. The van der Waals surface area contributed by atoms with E-state index in [0.717, 1.165) is 0 Å². The molecule has 2 rings (SSSR count). The fraction of sp³-hybridized carbons (Fsp3) is 0.250. The Morgan fingerprint density at radius 3 is 2.57 bits per heavy atom. The highest BCUT2D eigenvalue weighted by Crippen LogP contribution is 2.29. The first-order valence-electron chi connectivity index (χ1n) is 5.88. The number of methoxy groups -OCH3 is 2. The molecule has 0 aliphatic heterocycles. The van der Waals surface area contributed by atoms with Gasteiger partial charge < -0.3 is 15.2 Å². The van der Waals surface area contributed by atoms with Gasteiger partial charge in [0.15, 0.2) is 16.6 Å². The monoisotopic (exact) mass is 329 g/mol. The maximum Gasteiger partial charge on any atom is 0.241 e. The van der Waals surface area contributed by atoms with E-state index >= 15 is 0 Å². The molecule has 0 radical (unpaired) electrons. The molecule has 21 heavy (non-hydrogen) atoms. The lowest BCUT2D eigenvalue weighted by Crippen LogP contribution is -2.23. The summed E-state index contributed by atoms with van der Waals surface area (Å²) in [6.45, 7) is 0.0738. The van der Waals surface area contributed by atoms with Gasteiger partial charge in [-0.15, -0.1) is 11.3 Å². The topological polar surface area (TPSA) is 104 Å². The Morgan fingerprint density at radius 2 is 2.00 bits per heavy atom. The molecule has 0 aliphatic carbocycles. The fourth-order valence-corrected chi connectivity index (χ4v) is 3.22. The number of hydrogen-bond acceptors (Lipinski definition) is 7. The number of aromatic nitrogens is 1. The minimum Gasteiger partial charge on any atom is -0.493 e. The Hall–Kier alpha value is -1.84. The van der Waals surface area contributed by atoms with Crippen molar-refractivity contribution in [3.8, 4) is 11.5 Å². The third-order valence-electron chi connectivity index (χ3n) is 2.68. The number of sulfonamides is 1. The van der Waals surface area contributed by atoms with Crippen LogP contribution in [0.25, 0.3) is 0 Å². The number of benzene rings is 1. The second-order valence-corrected chi connectivity index (χ2v) is 6.68. The van der Waals surface area contributed by atoms with Crippen molar-refractivity contribution in [2.75, 3.05) is 20.0 Å². The summed E-state index contributed by atoms with van der Waals surface area (Å²) in [6, 6.07) is 4.38. The van der Waals surface area contributed by atoms with Gasteiger partial charge >= 0.3 is 0 Å². The van der Waals surface area contributed by atoms with Gasteiger partial charge in [-0.1, -0.05) is 0 Å². The molecular weight excluding hydrogens is 314 g/mol. The number of ether oxygens (including phenoxy) is 2. The number of thiazole rings is 1. The number of hydrogen-bond donors (Lipinski definition) is 2. The Kier molecular flexibility index (Phi) is 4.66. The molecular formula is C12H15N3O4S2. The van der Waals surface area contributed by atoms with Crippen LogP contribution < -0.4 is 19.9 Å². The lowest BCUT2D eigenvalue weighted by atomic mass is 10.3. The molecule has 0 spiro atoms. The summed E-state index contributed by atoms with van der Waals surface area (Å²) in [5, 5.41) is 2.10. The first kappa shape index (κ1) is 15.5. The first-order valence-corrected chi connectivity index (χ1v) is 8.24. The van der Waals surface area contributed by atoms with Crippen LogP contribution in [0, 0.1) is 0 Å². The van der Waals surface area contributed by atoms with Crippen LogP contribution in [0.2, 0.25) is 0 Å². The minimum absolute atomic E-state index is 0.0738. The van der Waals surface area contributed by atoms with Crippen LogP contribution in [0.4, 0.5) is 5.13 Å². The zero-order chi connectivity index (χ0) is 15.5. The Balaban J connectivity index is 2.19. The molecule has 0 unspecified atom stereocenters. The molecule has 0 saturated heterocycles. The van der Waals surface area contributed by atoms with Crippen LogP contribution in [0.15, 0.2) is 28.5 Å². The lowest BCUT2D eigenvalue weighted by Gasteiger charge is -2.10. The fourth-order valence-electron chi connectivity index (χ4n) is 1.64. The highest BCUT2D eigenvalue weighted by Gasteiger charge is 2.17. The highest BCUT2D eigenvalue weighted by atomic mass is 32.2. The molecule has 0 bridgehead atoms. The molecule has 0 atom stereocenters. The second kappa shape index (κ2) is 6.29. The molecule has 0 aliphatic rings. The molecule has 9 heteroatoms. The van der Waals surface area contributed by atoms with Crippen molar-refractivity contribution in [1.82, 2.24) is 9.71 Å². The zero-order valence-electron chi connectivity index (χ0n) is 11.5. The van der Waals surface area contributed by atoms with Gasteiger partial charge in [-0.2, -0.15) is 0 Å². The van der Waals surface area contributed by atoms with Crippen molar-refractivity contribution in [3.05, 3.63) is 29.3 Å². The molecule has 3 N–H and O–H groups in total. The average Bonchev–Trinajstić information content (AvgIpc) is 2.90. The van der Waals surface area contributed by atoms with E-state index in [1.165, 1.54) is 43.8 Å². The van der Waals surface area contributed by atoms with Crippen LogP contribution >= 0.6 is 11.3 Å². The number of nitrogens with one attached hydrogen (secondary N) is 1. The maximum atomic E-state index is 12.2. The minimum atomic E-state index is -3.67. The molecule has 0 saturated carbocycles. The zero-order valence-corrected chi connectivity index (χ0v) is 13.1. The number of nitrogens with two attached hydrogens (primary N) is 1. The summed E-state index contributed by atoms with van der Waals surface area (Å²) >= 11 is 1.26. The molecule has 1 aromatic carbocycles. The highest BCUT2D eigenvalue weighted by molar-refractivity contribution is 7.89. The third-order valence-corrected chi connectivity index (χ3v) is 4.80. The standard InChI is InChI=1S/C12H15N3O4S2/c1-18-10-4-3-9(5-11(10)19-2)21(16,17)14-6-8-7-20-12(13)15-8/h3-5,7,14H,6H2,1-2H3,(H2,13,15). The number of nitrogens with zero attached hydrogens (tertiary/aromatic N) is 1. The van der Waals surface area contributed by atoms with Crippen LogP contribution in [-0.2, 0) is 16.6 Å². The van der Waals surface area contributed by atoms with E-state index in [2.05, 4.69) is 9.71 Å². The van der Waals surface area contributed by atoms with E-state index in [4.69, 9.17) is 15.2 Å². The Labute approximate surface area is 126 Å². The summed E-state index contributed by atoms with van der Waals surface area (Å²) in [4.78, 5) is 4.08. The second-order valence-electron chi connectivity index (χ2n) is 4.02. The molecule has 1 heterocycles. The quantitative estimate of drug-likeness (QED) is 0.826. The summed E-state index contributed by atoms with van der Waals surface area (Å²) in [5.41, 5.74) is 6.07. The third kappa shape index (κ3) is 3.63. The van der Waals surface area contributed by atoms with Gasteiger partial charge in [0.1, 0.15) is 0 Å². The predicted octanol–water partition coefficient (Wildman–Crippen LogP) is 1.22. The van der Waals surface area contributed by atoms with Crippen LogP contribution in [0.5, 0.6) is 11.5 Å². The Bertz CT molecular complexity index is 728. The van der Waals surface area contributed by atoms with Gasteiger partial charge in [-0.25, -0.2) is 18.1 Å². The van der Waals surface area contributed by atoms with E-state index in [0.29, 0.717) is 22.3 Å². The van der Waals surface area contributed by atoms with Crippen molar-refractivity contribution < 1.29 is 17.9 Å². The normalized spacial score (nSPS) is 11.3. The van der Waals surface area contributed by atoms with Gasteiger partial charge in [0.25, 0.3) is 0 Å². The summed E-state index contributed by atoms with van der Waals surface area (Å²) in [5.74, 6) is 0.807. The number of nitrogen functional groups attached to an aromatic ring is 1. The largest absolute Gasteiger partial charge is 0.493 e. The summed E-state index contributed by atoms with van der Waals surface area (Å²) in [7, 11) is -0.741. The van der Waals surface area contributed by atoms with E-state index in [1.54, 1.807) is 5.38 Å². The average molecular weight is 329 g/mol. The lowest BCUT2D eigenvalue weighted by molar-refractivity contribution is 0.354. The van der Waals surface area contributed by atoms with Crippen molar-refractivity contribution >= 4 is 26.5 Å². The van der Waals surface area contributed by atoms with Crippen molar-refractivity contribution in [2.45, 2.75) is 11.4 Å². The molecule has 0 fully saturated rings. The number of anilines is 1. The maximum absolute atomic E-state index is 12.2.